The molecule has 1 aliphatic carbocycles. The average Bonchev–Trinajstić information content (AvgIpc) is 2.92. The molecule has 0 aromatic heterocycles. The summed E-state index contributed by atoms with van der Waals surface area (Å²) in [5.74, 6) is 0.688. The van der Waals surface area contributed by atoms with Crippen molar-refractivity contribution in [2.75, 3.05) is 0 Å². The number of rotatable bonds is 1. The van der Waals surface area contributed by atoms with Crippen LogP contribution < -0.4 is 5.46 Å². The Morgan fingerprint density at radius 2 is 1.61 bits per heavy atom. The van der Waals surface area contributed by atoms with Gasteiger partial charge in [0.15, 0.2) is 0 Å². The largest absolute Gasteiger partial charge is 0.563 e. The lowest BCUT2D eigenvalue weighted by Gasteiger charge is -2.25. The van der Waals surface area contributed by atoms with Crippen LogP contribution in [-0.4, -0.2) is 12.7 Å². The highest BCUT2D eigenvalue weighted by Gasteiger charge is 2.47. The van der Waals surface area contributed by atoms with Crippen molar-refractivity contribution in [3.05, 3.63) is 65.9 Å². The van der Waals surface area contributed by atoms with Gasteiger partial charge in [-0.1, -0.05) is 62.9 Å². The SMILES string of the molecule is C=C1OB(c2cccc3c2C(C)(C)c2ccccc2-3)OC1(C)C. The van der Waals surface area contributed by atoms with E-state index in [1.165, 1.54) is 22.3 Å². The second-order valence-electron chi connectivity index (χ2n) is 7.44. The lowest BCUT2D eigenvalue weighted by molar-refractivity contribution is 0.173. The lowest BCUT2D eigenvalue weighted by Crippen LogP contribution is -2.39. The molecular formula is C20H21BO2. The van der Waals surface area contributed by atoms with Crippen LogP contribution in [0.2, 0.25) is 0 Å². The van der Waals surface area contributed by atoms with Crippen LogP contribution in [-0.2, 0) is 14.7 Å². The Morgan fingerprint density at radius 1 is 0.913 bits per heavy atom. The quantitative estimate of drug-likeness (QED) is 0.741. The van der Waals surface area contributed by atoms with Crippen molar-refractivity contribution >= 4 is 12.6 Å². The minimum absolute atomic E-state index is 0.0662. The highest BCUT2D eigenvalue weighted by Crippen LogP contribution is 2.48. The van der Waals surface area contributed by atoms with Gasteiger partial charge in [-0.15, -0.1) is 0 Å². The summed E-state index contributed by atoms with van der Waals surface area (Å²) in [4.78, 5) is 0. The first-order valence-corrected chi connectivity index (χ1v) is 8.09. The van der Waals surface area contributed by atoms with Crippen LogP contribution in [0.4, 0.5) is 0 Å². The van der Waals surface area contributed by atoms with Crippen LogP contribution in [0.5, 0.6) is 0 Å². The smallest absolute Gasteiger partial charge is 0.534 e. The van der Waals surface area contributed by atoms with Gasteiger partial charge in [0.1, 0.15) is 5.60 Å². The number of hydrogen-bond donors (Lipinski definition) is 0. The van der Waals surface area contributed by atoms with Gasteiger partial charge < -0.3 is 9.31 Å². The van der Waals surface area contributed by atoms with Crippen molar-refractivity contribution in [3.63, 3.8) is 0 Å². The summed E-state index contributed by atoms with van der Waals surface area (Å²) in [5, 5.41) is 0. The first-order valence-electron chi connectivity index (χ1n) is 8.09. The molecule has 1 heterocycles. The van der Waals surface area contributed by atoms with E-state index in [-0.39, 0.29) is 12.5 Å². The summed E-state index contributed by atoms with van der Waals surface area (Å²) < 4.78 is 12.1. The van der Waals surface area contributed by atoms with E-state index >= 15 is 0 Å². The van der Waals surface area contributed by atoms with Crippen LogP contribution in [0.3, 0.4) is 0 Å². The fourth-order valence-electron chi connectivity index (χ4n) is 3.84. The zero-order valence-electron chi connectivity index (χ0n) is 14.1. The third-order valence-corrected chi connectivity index (χ3v) is 5.19. The highest BCUT2D eigenvalue weighted by molar-refractivity contribution is 6.63. The first kappa shape index (κ1) is 14.6. The number of hydrogen-bond acceptors (Lipinski definition) is 2. The molecule has 0 N–H and O–H groups in total. The molecule has 0 bridgehead atoms. The van der Waals surface area contributed by atoms with Crippen molar-refractivity contribution in [3.8, 4) is 11.1 Å². The third kappa shape index (κ3) is 1.93. The molecule has 0 unspecified atom stereocenters. The van der Waals surface area contributed by atoms with Gasteiger partial charge in [-0.05, 0) is 36.1 Å². The molecule has 1 saturated heterocycles. The Bertz CT molecular complexity index is 820. The van der Waals surface area contributed by atoms with E-state index in [4.69, 9.17) is 9.31 Å². The summed E-state index contributed by atoms with van der Waals surface area (Å²) in [7, 11) is -0.388. The van der Waals surface area contributed by atoms with Crippen molar-refractivity contribution in [2.45, 2.75) is 38.7 Å². The Balaban J connectivity index is 1.90. The van der Waals surface area contributed by atoms with Crippen LogP contribution >= 0.6 is 0 Å². The lowest BCUT2D eigenvalue weighted by atomic mass is 9.69. The van der Waals surface area contributed by atoms with E-state index in [1.807, 2.05) is 13.8 Å². The fraction of sp³-hybridized carbons (Fsp3) is 0.300. The van der Waals surface area contributed by atoms with Gasteiger partial charge in [0.2, 0.25) is 0 Å². The van der Waals surface area contributed by atoms with E-state index in [2.05, 4.69) is 62.9 Å². The van der Waals surface area contributed by atoms with E-state index in [1.54, 1.807) is 0 Å². The highest BCUT2D eigenvalue weighted by atomic mass is 16.7. The van der Waals surface area contributed by atoms with Gasteiger partial charge in [0.25, 0.3) is 0 Å². The zero-order chi connectivity index (χ0) is 16.4. The van der Waals surface area contributed by atoms with Crippen molar-refractivity contribution in [1.82, 2.24) is 0 Å². The molecule has 0 radical (unpaired) electrons. The fourth-order valence-corrected chi connectivity index (χ4v) is 3.84. The van der Waals surface area contributed by atoms with E-state index in [9.17, 15) is 0 Å². The van der Waals surface area contributed by atoms with Crippen LogP contribution in [0, 0.1) is 0 Å². The van der Waals surface area contributed by atoms with Gasteiger partial charge >= 0.3 is 7.12 Å². The van der Waals surface area contributed by atoms with Gasteiger partial charge in [-0.25, -0.2) is 0 Å². The second-order valence-corrected chi connectivity index (χ2v) is 7.44. The molecule has 2 nitrogen and oxygen atoms in total. The summed E-state index contributed by atoms with van der Waals surface area (Å²) >= 11 is 0. The summed E-state index contributed by atoms with van der Waals surface area (Å²) in [6.45, 7) is 12.5. The van der Waals surface area contributed by atoms with Crippen molar-refractivity contribution in [2.24, 2.45) is 0 Å². The van der Waals surface area contributed by atoms with Crippen LogP contribution in [0.1, 0.15) is 38.8 Å². The molecule has 1 fully saturated rings. The summed E-state index contributed by atoms with van der Waals surface area (Å²) in [6.07, 6.45) is 0. The van der Waals surface area contributed by atoms with E-state index in [0.29, 0.717) is 5.76 Å². The monoisotopic (exact) mass is 304 g/mol. The molecule has 0 atom stereocenters. The molecule has 2 aromatic rings. The molecule has 0 spiro atoms. The molecule has 3 heteroatoms. The molecular weight excluding hydrogens is 283 g/mol. The van der Waals surface area contributed by atoms with Crippen LogP contribution in [0.25, 0.3) is 11.1 Å². The molecule has 0 saturated carbocycles. The molecule has 2 aromatic carbocycles. The van der Waals surface area contributed by atoms with Crippen LogP contribution in [0.15, 0.2) is 54.8 Å². The molecule has 116 valence electrons. The van der Waals surface area contributed by atoms with Crippen molar-refractivity contribution in [1.29, 1.82) is 0 Å². The normalized spacial score (nSPS) is 20.2. The standard InChI is InChI=1S/C20H21BO2/c1-13-20(4,5)23-21(22-13)17-12-8-10-15-14-9-6-7-11-16(14)19(2,3)18(15)17/h6-12H,1H2,2-5H3. The Hall–Kier alpha value is -2.00. The van der Waals surface area contributed by atoms with E-state index < -0.39 is 5.60 Å². The summed E-state index contributed by atoms with van der Waals surface area (Å²) in [5.41, 5.74) is 5.84. The Morgan fingerprint density at radius 3 is 2.30 bits per heavy atom. The van der Waals surface area contributed by atoms with Gasteiger partial charge in [-0.2, -0.15) is 0 Å². The second kappa shape index (κ2) is 4.51. The number of fused-ring (bicyclic) bond motifs is 3. The topological polar surface area (TPSA) is 18.5 Å². The van der Waals surface area contributed by atoms with Crippen molar-refractivity contribution < 1.29 is 9.31 Å². The Kier molecular flexibility index (Phi) is 2.86. The molecule has 0 amide bonds. The Labute approximate surface area is 138 Å². The maximum atomic E-state index is 6.14. The maximum Gasteiger partial charge on any atom is 0.563 e. The average molecular weight is 304 g/mol. The van der Waals surface area contributed by atoms with Gasteiger partial charge in [0.05, 0.1) is 5.76 Å². The molecule has 4 rings (SSSR count). The van der Waals surface area contributed by atoms with Gasteiger partial charge in [-0.3, -0.25) is 0 Å². The third-order valence-electron chi connectivity index (χ3n) is 5.19. The minimum atomic E-state index is -0.455. The first-order chi connectivity index (χ1) is 10.8. The predicted octanol–water partition coefficient (Wildman–Crippen LogP) is 4.03. The zero-order valence-corrected chi connectivity index (χ0v) is 14.1. The molecule has 23 heavy (non-hydrogen) atoms. The molecule has 1 aliphatic heterocycles. The van der Waals surface area contributed by atoms with E-state index in [0.717, 1.165) is 5.46 Å². The summed E-state index contributed by atoms with van der Waals surface area (Å²) in [6, 6.07) is 15.0. The molecule has 2 aliphatic rings. The predicted molar refractivity (Wildman–Crippen MR) is 94.8 cm³/mol. The van der Waals surface area contributed by atoms with Gasteiger partial charge in [0, 0.05) is 10.9 Å². The maximum absolute atomic E-state index is 6.14. The minimum Gasteiger partial charge on any atom is -0.534 e. The number of benzene rings is 2.